The molecule has 0 saturated carbocycles. The van der Waals surface area contributed by atoms with Crippen molar-refractivity contribution in [2.24, 2.45) is 0 Å². The van der Waals surface area contributed by atoms with E-state index in [1.165, 1.54) is 12.1 Å². The maximum Gasteiger partial charge on any atom is 0.291 e. The Morgan fingerprint density at radius 3 is 2.38 bits per heavy atom. The summed E-state index contributed by atoms with van der Waals surface area (Å²) in [4.78, 5) is 38.6. The molecule has 3 N–H and O–H groups in total. The normalized spacial score (nSPS) is 13.1. The predicted octanol–water partition coefficient (Wildman–Crippen LogP) is 4.56. The number of thiocarbonyl (C=S) groups is 1. The number of hydrogen-bond acceptors (Lipinski definition) is 8. The summed E-state index contributed by atoms with van der Waals surface area (Å²) < 4.78 is 11.0. The number of hydrogen-bond donors (Lipinski definition) is 3. The molecule has 2 amide bonds. The predicted molar refractivity (Wildman–Crippen MR) is 150 cm³/mol. The van der Waals surface area contributed by atoms with E-state index in [4.69, 9.17) is 21.4 Å². The summed E-state index contributed by atoms with van der Waals surface area (Å²) in [5.74, 6) is -0.835. The molecule has 1 saturated heterocycles. The van der Waals surface area contributed by atoms with E-state index in [0.29, 0.717) is 48.9 Å². The molecule has 3 aromatic carbocycles. The van der Waals surface area contributed by atoms with E-state index in [-0.39, 0.29) is 22.1 Å². The Labute approximate surface area is 227 Å². The van der Waals surface area contributed by atoms with Gasteiger partial charge in [0, 0.05) is 42.0 Å². The number of non-ortho nitro benzene ring substituents is 1. The quantitative estimate of drug-likeness (QED) is 0.181. The van der Waals surface area contributed by atoms with Gasteiger partial charge in [0.2, 0.25) is 0 Å². The number of furan rings is 1. The maximum atomic E-state index is 13.1. The fraction of sp³-hybridized carbons (Fsp3) is 0.148. The Kier molecular flexibility index (Phi) is 7.48. The van der Waals surface area contributed by atoms with Crippen LogP contribution in [0.2, 0.25) is 0 Å². The zero-order valence-electron chi connectivity index (χ0n) is 20.5. The van der Waals surface area contributed by atoms with Crippen LogP contribution in [0.4, 0.5) is 22.7 Å². The summed E-state index contributed by atoms with van der Waals surface area (Å²) in [7, 11) is 0. The van der Waals surface area contributed by atoms with Crippen molar-refractivity contribution < 1.29 is 23.7 Å². The Morgan fingerprint density at radius 2 is 1.64 bits per heavy atom. The van der Waals surface area contributed by atoms with E-state index in [0.717, 1.165) is 5.39 Å². The average Bonchev–Trinajstić information content (AvgIpc) is 3.38. The Hall–Kier alpha value is -4.81. The highest BCUT2D eigenvalue weighted by atomic mass is 32.1. The number of amides is 2. The van der Waals surface area contributed by atoms with Crippen molar-refractivity contribution in [3.8, 4) is 0 Å². The van der Waals surface area contributed by atoms with Gasteiger partial charge in [0.1, 0.15) is 5.58 Å². The number of nitrogens with one attached hydrogen (secondary N) is 3. The van der Waals surface area contributed by atoms with Gasteiger partial charge in [-0.25, -0.2) is 0 Å². The summed E-state index contributed by atoms with van der Waals surface area (Å²) in [6.45, 7) is 2.07. The van der Waals surface area contributed by atoms with Gasteiger partial charge in [0.05, 0.1) is 29.4 Å². The van der Waals surface area contributed by atoms with Crippen molar-refractivity contribution in [1.29, 1.82) is 0 Å². The van der Waals surface area contributed by atoms with Gasteiger partial charge in [-0.1, -0.05) is 24.3 Å². The van der Waals surface area contributed by atoms with Crippen LogP contribution in [0.1, 0.15) is 20.9 Å². The third-order valence-corrected chi connectivity index (χ3v) is 6.25. The molecule has 5 rings (SSSR count). The number of carbonyl (C=O) groups is 2. The minimum Gasteiger partial charge on any atom is -0.451 e. The number of nitrogens with zero attached hydrogens (tertiary/aromatic N) is 2. The van der Waals surface area contributed by atoms with Crippen LogP contribution in [-0.2, 0) is 4.74 Å². The molecule has 198 valence electrons. The number of nitro groups is 1. The lowest BCUT2D eigenvalue weighted by Gasteiger charge is -2.30. The first-order valence-electron chi connectivity index (χ1n) is 12.0. The van der Waals surface area contributed by atoms with Crippen LogP contribution in [0.5, 0.6) is 0 Å². The van der Waals surface area contributed by atoms with E-state index in [1.807, 2.05) is 23.1 Å². The zero-order chi connectivity index (χ0) is 27.4. The highest BCUT2D eigenvalue weighted by Crippen LogP contribution is 2.27. The van der Waals surface area contributed by atoms with Crippen molar-refractivity contribution in [2.75, 3.05) is 41.8 Å². The molecule has 12 heteroatoms. The third kappa shape index (κ3) is 6.03. The molecule has 0 aliphatic carbocycles. The van der Waals surface area contributed by atoms with Crippen molar-refractivity contribution in [3.05, 3.63) is 94.2 Å². The molecular formula is C27H23N5O6S. The minimum absolute atomic E-state index is 0.0137. The maximum absolute atomic E-state index is 13.1. The standard InChI is InChI=1S/C27H23N5O6S/c33-25(21-16-20(32(35)36)8-9-22(21)31-10-12-37-13-11-31)30-27(39)29-19-6-3-5-18(15-19)28-26(34)24-14-17-4-1-2-7-23(17)38-24/h1-9,14-16H,10-13H2,(H,28,34)(H2,29,30,33,39). The molecule has 1 fully saturated rings. The SMILES string of the molecule is O=C(Nc1cccc(NC(=S)NC(=O)c2cc([N+](=O)[O-])ccc2N2CCOCC2)c1)c1cc2ccccc2o1. The van der Waals surface area contributed by atoms with Crippen molar-refractivity contribution >= 4 is 62.9 Å². The lowest BCUT2D eigenvalue weighted by Crippen LogP contribution is -2.39. The molecule has 0 spiro atoms. The zero-order valence-corrected chi connectivity index (χ0v) is 21.3. The van der Waals surface area contributed by atoms with Gasteiger partial charge in [-0.15, -0.1) is 0 Å². The molecule has 0 radical (unpaired) electrons. The van der Waals surface area contributed by atoms with Crippen LogP contribution in [0.3, 0.4) is 0 Å². The molecule has 0 bridgehead atoms. The Morgan fingerprint density at radius 1 is 0.897 bits per heavy atom. The van der Waals surface area contributed by atoms with E-state index < -0.39 is 16.7 Å². The third-order valence-electron chi connectivity index (χ3n) is 6.04. The molecule has 11 nitrogen and oxygen atoms in total. The van der Waals surface area contributed by atoms with Gasteiger partial charge in [-0.2, -0.15) is 0 Å². The van der Waals surface area contributed by atoms with E-state index in [1.54, 1.807) is 42.5 Å². The average molecular weight is 546 g/mol. The van der Waals surface area contributed by atoms with Crippen molar-refractivity contribution in [1.82, 2.24) is 5.32 Å². The number of ether oxygens (including phenoxy) is 1. The van der Waals surface area contributed by atoms with Gasteiger partial charge >= 0.3 is 0 Å². The molecule has 1 aromatic heterocycles. The largest absolute Gasteiger partial charge is 0.451 e. The summed E-state index contributed by atoms with van der Waals surface area (Å²) >= 11 is 5.33. The number of morpholine rings is 1. The van der Waals surface area contributed by atoms with Crippen LogP contribution in [-0.4, -0.2) is 48.2 Å². The number of carbonyl (C=O) groups excluding carboxylic acids is 2. The molecule has 39 heavy (non-hydrogen) atoms. The van der Waals surface area contributed by atoms with E-state index >= 15 is 0 Å². The highest BCUT2D eigenvalue weighted by Gasteiger charge is 2.23. The molecular weight excluding hydrogens is 522 g/mol. The lowest BCUT2D eigenvalue weighted by molar-refractivity contribution is -0.384. The van der Waals surface area contributed by atoms with Gasteiger partial charge in [-0.3, -0.25) is 25.0 Å². The molecule has 1 aliphatic heterocycles. The first-order valence-corrected chi connectivity index (χ1v) is 12.4. The number of fused-ring (bicyclic) bond motifs is 1. The molecule has 4 aromatic rings. The first kappa shape index (κ1) is 25.8. The van der Waals surface area contributed by atoms with Crippen LogP contribution >= 0.6 is 12.2 Å². The summed E-state index contributed by atoms with van der Waals surface area (Å²) in [5, 5.41) is 20.4. The van der Waals surface area contributed by atoms with Gasteiger partial charge < -0.3 is 24.7 Å². The van der Waals surface area contributed by atoms with E-state index in [2.05, 4.69) is 16.0 Å². The molecule has 2 heterocycles. The summed E-state index contributed by atoms with van der Waals surface area (Å²) in [5.41, 5.74) is 2.08. The number of benzene rings is 3. The molecule has 0 unspecified atom stereocenters. The number of rotatable bonds is 6. The van der Waals surface area contributed by atoms with Crippen LogP contribution in [0, 0.1) is 10.1 Å². The van der Waals surface area contributed by atoms with Crippen LogP contribution in [0.15, 0.2) is 77.2 Å². The minimum atomic E-state index is -0.591. The smallest absolute Gasteiger partial charge is 0.291 e. The number of nitro benzene ring substituents is 1. The number of anilines is 3. The molecule has 0 atom stereocenters. The van der Waals surface area contributed by atoms with Gasteiger partial charge in [0.15, 0.2) is 10.9 Å². The second-order valence-electron chi connectivity index (χ2n) is 8.65. The van der Waals surface area contributed by atoms with Crippen LogP contribution < -0.4 is 20.9 Å². The molecule has 1 aliphatic rings. The van der Waals surface area contributed by atoms with Crippen LogP contribution in [0.25, 0.3) is 11.0 Å². The fourth-order valence-electron chi connectivity index (χ4n) is 4.19. The summed E-state index contributed by atoms with van der Waals surface area (Å²) in [6, 6.07) is 19.9. The highest BCUT2D eigenvalue weighted by molar-refractivity contribution is 7.80. The van der Waals surface area contributed by atoms with Crippen molar-refractivity contribution in [3.63, 3.8) is 0 Å². The van der Waals surface area contributed by atoms with Gasteiger partial charge in [-0.05, 0) is 48.6 Å². The van der Waals surface area contributed by atoms with E-state index in [9.17, 15) is 19.7 Å². The topological polar surface area (TPSA) is 139 Å². The number of para-hydroxylation sites is 1. The Bertz CT molecular complexity index is 1550. The lowest BCUT2D eigenvalue weighted by atomic mass is 10.1. The monoisotopic (exact) mass is 545 g/mol. The second kappa shape index (κ2) is 11.3. The van der Waals surface area contributed by atoms with Crippen molar-refractivity contribution in [2.45, 2.75) is 0 Å². The first-order chi connectivity index (χ1) is 18.9. The summed E-state index contributed by atoms with van der Waals surface area (Å²) in [6.07, 6.45) is 0. The van der Waals surface area contributed by atoms with Gasteiger partial charge in [0.25, 0.3) is 17.5 Å². The Balaban J connectivity index is 1.27. The second-order valence-corrected chi connectivity index (χ2v) is 9.06. The fourth-order valence-corrected chi connectivity index (χ4v) is 4.40.